The summed E-state index contributed by atoms with van der Waals surface area (Å²) in [5.41, 5.74) is 2.43. The number of hydrogen-bond donors (Lipinski definition) is 2. The Morgan fingerprint density at radius 1 is 0.846 bits per heavy atom. The van der Waals surface area contributed by atoms with Gasteiger partial charge in [0.15, 0.2) is 11.5 Å². The van der Waals surface area contributed by atoms with Crippen LogP contribution in [0.1, 0.15) is 21.6 Å². The van der Waals surface area contributed by atoms with Crippen LogP contribution in [0.15, 0.2) is 48.5 Å². The normalized spacial score (nSPS) is 10.5. The molecule has 2 aromatic carbocycles. The molecule has 3 aromatic rings. The minimum atomic E-state index is -0.861. The number of aromatic nitrogens is 2. The number of benzene rings is 2. The molecule has 0 fully saturated rings. The van der Waals surface area contributed by atoms with Gasteiger partial charge in [-0.15, -0.1) is 10.2 Å². The van der Waals surface area contributed by atoms with Gasteiger partial charge in [0.05, 0.1) is 0 Å². The average Bonchev–Trinajstić information content (AvgIpc) is 2.62. The molecule has 2 N–H and O–H groups in total. The number of anilines is 3. The van der Waals surface area contributed by atoms with E-state index in [1.807, 2.05) is 32.0 Å². The maximum atomic E-state index is 13.6. The van der Waals surface area contributed by atoms with Gasteiger partial charge in [-0.3, -0.25) is 4.79 Å². The smallest absolute Gasteiger partial charge is 0.276 e. The molecule has 1 heterocycles. The highest BCUT2D eigenvalue weighted by Gasteiger charge is 2.15. The second kappa shape index (κ2) is 7.26. The molecule has 0 aliphatic carbocycles. The Morgan fingerprint density at radius 3 is 2.04 bits per heavy atom. The standard InChI is InChI=1S/C19H16F2N4O/c1-11-5-3-6-12(2)17(11)22-16-10-9-15(24-25-16)19(26)23-18-13(20)7-4-8-14(18)21/h3-10H,1-2H3,(H,22,25)(H,23,26). The number of amides is 1. The first-order valence-corrected chi connectivity index (χ1v) is 7.88. The molecule has 26 heavy (non-hydrogen) atoms. The SMILES string of the molecule is Cc1cccc(C)c1Nc1ccc(C(=O)Nc2c(F)cccc2F)nn1. The van der Waals surface area contributed by atoms with Crippen LogP contribution in [0.25, 0.3) is 0 Å². The minimum Gasteiger partial charge on any atom is -0.338 e. The molecule has 0 unspecified atom stereocenters. The summed E-state index contributed by atoms with van der Waals surface area (Å²) in [5, 5.41) is 13.1. The lowest BCUT2D eigenvalue weighted by Gasteiger charge is -2.11. The predicted molar refractivity (Wildman–Crippen MR) is 95.5 cm³/mol. The van der Waals surface area contributed by atoms with E-state index < -0.39 is 23.2 Å². The molecule has 0 aliphatic rings. The van der Waals surface area contributed by atoms with E-state index in [4.69, 9.17) is 0 Å². The van der Waals surface area contributed by atoms with Crippen LogP contribution in [-0.2, 0) is 0 Å². The quantitative estimate of drug-likeness (QED) is 0.730. The van der Waals surface area contributed by atoms with Crippen molar-refractivity contribution in [2.45, 2.75) is 13.8 Å². The average molecular weight is 354 g/mol. The number of aryl methyl sites for hydroxylation is 2. The Morgan fingerprint density at radius 2 is 1.46 bits per heavy atom. The van der Waals surface area contributed by atoms with Gasteiger partial charge >= 0.3 is 0 Å². The zero-order valence-electron chi connectivity index (χ0n) is 14.2. The van der Waals surface area contributed by atoms with Crippen LogP contribution in [0.2, 0.25) is 0 Å². The fourth-order valence-electron chi connectivity index (χ4n) is 2.45. The number of para-hydroxylation sites is 2. The molecule has 0 atom stereocenters. The van der Waals surface area contributed by atoms with Crippen molar-refractivity contribution in [1.82, 2.24) is 10.2 Å². The monoisotopic (exact) mass is 354 g/mol. The maximum absolute atomic E-state index is 13.6. The van der Waals surface area contributed by atoms with Gasteiger partial charge in [0.1, 0.15) is 17.3 Å². The molecule has 0 radical (unpaired) electrons. The van der Waals surface area contributed by atoms with Gasteiger partial charge in [0, 0.05) is 5.69 Å². The summed E-state index contributed by atoms with van der Waals surface area (Å²) in [5.74, 6) is -2.02. The number of carbonyl (C=O) groups excluding carboxylic acids is 1. The van der Waals surface area contributed by atoms with Crippen molar-refractivity contribution in [3.8, 4) is 0 Å². The second-order valence-electron chi connectivity index (χ2n) is 5.75. The third-order valence-electron chi connectivity index (χ3n) is 3.83. The molecule has 132 valence electrons. The van der Waals surface area contributed by atoms with Crippen molar-refractivity contribution in [2.24, 2.45) is 0 Å². The van der Waals surface area contributed by atoms with Crippen molar-refractivity contribution in [3.63, 3.8) is 0 Å². The number of hydrogen-bond acceptors (Lipinski definition) is 4. The van der Waals surface area contributed by atoms with E-state index in [2.05, 4.69) is 20.8 Å². The largest absolute Gasteiger partial charge is 0.338 e. The number of nitrogens with one attached hydrogen (secondary N) is 2. The van der Waals surface area contributed by atoms with E-state index in [-0.39, 0.29) is 5.69 Å². The van der Waals surface area contributed by atoms with Crippen molar-refractivity contribution in [2.75, 3.05) is 10.6 Å². The summed E-state index contributed by atoms with van der Waals surface area (Å²) in [7, 11) is 0. The maximum Gasteiger partial charge on any atom is 0.276 e. The highest BCUT2D eigenvalue weighted by molar-refractivity contribution is 6.02. The highest BCUT2D eigenvalue weighted by atomic mass is 19.1. The lowest BCUT2D eigenvalue weighted by Crippen LogP contribution is -2.16. The second-order valence-corrected chi connectivity index (χ2v) is 5.75. The molecule has 0 saturated carbocycles. The van der Waals surface area contributed by atoms with Crippen molar-refractivity contribution >= 4 is 23.1 Å². The van der Waals surface area contributed by atoms with E-state index in [0.29, 0.717) is 5.82 Å². The Balaban J connectivity index is 1.76. The van der Waals surface area contributed by atoms with E-state index in [1.165, 1.54) is 12.1 Å². The van der Waals surface area contributed by atoms with Crippen LogP contribution in [-0.4, -0.2) is 16.1 Å². The Labute approximate surface area is 149 Å². The molecule has 5 nitrogen and oxygen atoms in total. The van der Waals surface area contributed by atoms with Crippen LogP contribution in [0.5, 0.6) is 0 Å². The molecule has 3 rings (SSSR count). The zero-order valence-corrected chi connectivity index (χ0v) is 14.2. The number of halogens is 2. The zero-order chi connectivity index (χ0) is 18.7. The summed E-state index contributed by atoms with van der Waals surface area (Å²) in [6.45, 7) is 3.93. The Hall–Kier alpha value is -3.35. The summed E-state index contributed by atoms with van der Waals surface area (Å²) < 4.78 is 27.2. The van der Waals surface area contributed by atoms with Crippen LogP contribution in [0, 0.1) is 25.5 Å². The summed E-state index contributed by atoms with van der Waals surface area (Å²) in [4.78, 5) is 12.1. The fourth-order valence-corrected chi connectivity index (χ4v) is 2.45. The molecule has 1 amide bonds. The molecule has 0 spiro atoms. The van der Waals surface area contributed by atoms with Gasteiger partial charge in [-0.2, -0.15) is 0 Å². The minimum absolute atomic E-state index is 0.0558. The van der Waals surface area contributed by atoms with Crippen LogP contribution >= 0.6 is 0 Å². The molecule has 1 aromatic heterocycles. The number of rotatable bonds is 4. The van der Waals surface area contributed by atoms with Gasteiger partial charge in [-0.1, -0.05) is 24.3 Å². The highest BCUT2D eigenvalue weighted by Crippen LogP contribution is 2.23. The molecule has 7 heteroatoms. The molecular formula is C19H16F2N4O. The first-order chi connectivity index (χ1) is 12.5. The first-order valence-electron chi connectivity index (χ1n) is 7.88. The molecule has 0 saturated heterocycles. The van der Waals surface area contributed by atoms with Crippen molar-refractivity contribution in [1.29, 1.82) is 0 Å². The lowest BCUT2D eigenvalue weighted by molar-refractivity contribution is 0.102. The van der Waals surface area contributed by atoms with Gasteiger partial charge in [0.25, 0.3) is 5.91 Å². The van der Waals surface area contributed by atoms with E-state index >= 15 is 0 Å². The van der Waals surface area contributed by atoms with E-state index in [0.717, 1.165) is 28.9 Å². The molecule has 0 bridgehead atoms. The predicted octanol–water partition coefficient (Wildman–Crippen LogP) is 4.37. The van der Waals surface area contributed by atoms with Gasteiger partial charge in [0.2, 0.25) is 0 Å². The summed E-state index contributed by atoms with van der Waals surface area (Å²) in [6, 6.07) is 12.2. The summed E-state index contributed by atoms with van der Waals surface area (Å²) in [6.07, 6.45) is 0. The van der Waals surface area contributed by atoms with Gasteiger partial charge < -0.3 is 10.6 Å². The van der Waals surface area contributed by atoms with Crippen LogP contribution in [0.3, 0.4) is 0 Å². The van der Waals surface area contributed by atoms with Crippen LogP contribution < -0.4 is 10.6 Å². The lowest BCUT2D eigenvalue weighted by atomic mass is 10.1. The van der Waals surface area contributed by atoms with Crippen molar-refractivity contribution in [3.05, 3.63) is 77.0 Å². The van der Waals surface area contributed by atoms with Gasteiger partial charge in [-0.25, -0.2) is 8.78 Å². The number of carbonyl (C=O) groups is 1. The Kier molecular flexibility index (Phi) is 4.88. The molecule has 0 aliphatic heterocycles. The third kappa shape index (κ3) is 3.66. The number of nitrogens with zero attached hydrogens (tertiary/aromatic N) is 2. The van der Waals surface area contributed by atoms with Crippen LogP contribution in [0.4, 0.5) is 26.0 Å². The Bertz CT molecular complexity index is 918. The van der Waals surface area contributed by atoms with E-state index in [1.54, 1.807) is 6.07 Å². The topological polar surface area (TPSA) is 66.9 Å². The van der Waals surface area contributed by atoms with Crippen molar-refractivity contribution < 1.29 is 13.6 Å². The third-order valence-corrected chi connectivity index (χ3v) is 3.83. The first kappa shape index (κ1) is 17.5. The summed E-state index contributed by atoms with van der Waals surface area (Å²) >= 11 is 0. The molecular weight excluding hydrogens is 338 g/mol. The van der Waals surface area contributed by atoms with Gasteiger partial charge in [-0.05, 0) is 49.2 Å². The fraction of sp³-hybridized carbons (Fsp3) is 0.105. The van der Waals surface area contributed by atoms with E-state index in [9.17, 15) is 13.6 Å².